The molecule has 1 aliphatic carbocycles. The fourth-order valence-corrected chi connectivity index (χ4v) is 5.21. The van der Waals surface area contributed by atoms with Crippen molar-refractivity contribution in [2.75, 3.05) is 13.7 Å². The second-order valence-electron chi connectivity index (χ2n) is 10.3. The summed E-state index contributed by atoms with van der Waals surface area (Å²) in [7, 11) is 1.25. The van der Waals surface area contributed by atoms with Gasteiger partial charge in [-0.25, -0.2) is 4.79 Å². The molecule has 0 saturated heterocycles. The van der Waals surface area contributed by atoms with Crippen molar-refractivity contribution in [1.82, 2.24) is 5.32 Å². The van der Waals surface area contributed by atoms with Gasteiger partial charge in [-0.05, 0) is 64.6 Å². The maximum absolute atomic E-state index is 13.0. The van der Waals surface area contributed by atoms with Gasteiger partial charge in [0.1, 0.15) is 12.6 Å². The lowest BCUT2D eigenvalue weighted by Crippen LogP contribution is -2.46. The second kappa shape index (κ2) is 13.0. The Kier molecular flexibility index (Phi) is 8.79. The maximum Gasteiger partial charge on any atom is 0.328 e. The van der Waals surface area contributed by atoms with Crippen LogP contribution >= 0.6 is 0 Å². The molecular weight excluding hydrogens is 526 g/mol. The minimum Gasteiger partial charge on any atom is -0.467 e. The largest absolute Gasteiger partial charge is 0.467 e. The average molecular weight is 558 g/mol. The van der Waals surface area contributed by atoms with Crippen LogP contribution in [0.2, 0.25) is 0 Å². The molecular formula is C36H31NO5. The zero-order valence-electron chi connectivity index (χ0n) is 23.5. The molecule has 0 spiro atoms. The Hall–Kier alpha value is -5.15. The van der Waals surface area contributed by atoms with Gasteiger partial charge in [-0.3, -0.25) is 9.59 Å². The summed E-state index contributed by atoms with van der Waals surface area (Å²) >= 11 is 0. The number of hydrogen-bond donors (Lipinski definition) is 1. The van der Waals surface area contributed by atoms with Crippen LogP contribution < -0.4 is 5.32 Å². The van der Waals surface area contributed by atoms with Gasteiger partial charge in [-0.1, -0.05) is 85.5 Å². The van der Waals surface area contributed by atoms with Gasteiger partial charge >= 0.3 is 11.9 Å². The SMILES string of the molecule is COC(=O)[C@@H](NC(=O)c1ccc(C#Cc2ccccc2)cc1)[C@H](C)CC(=O)OCC1c2ccccc2-c2ccccc21. The Morgan fingerprint density at radius 2 is 1.31 bits per heavy atom. The molecule has 0 saturated carbocycles. The minimum atomic E-state index is -1.03. The Bertz CT molecular complexity index is 1600. The van der Waals surface area contributed by atoms with Crippen LogP contribution in [0.4, 0.5) is 0 Å². The molecule has 0 aromatic heterocycles. The summed E-state index contributed by atoms with van der Waals surface area (Å²) in [4.78, 5) is 38.5. The molecule has 6 heteroatoms. The van der Waals surface area contributed by atoms with Crippen molar-refractivity contribution in [3.05, 3.63) is 131 Å². The highest BCUT2D eigenvalue weighted by atomic mass is 16.5. The van der Waals surface area contributed by atoms with Crippen molar-refractivity contribution < 1.29 is 23.9 Å². The fourth-order valence-electron chi connectivity index (χ4n) is 5.21. The van der Waals surface area contributed by atoms with Crippen molar-refractivity contribution in [2.45, 2.75) is 25.3 Å². The molecule has 4 aromatic rings. The van der Waals surface area contributed by atoms with Crippen LogP contribution in [-0.2, 0) is 19.1 Å². The van der Waals surface area contributed by atoms with E-state index in [2.05, 4.69) is 41.4 Å². The smallest absolute Gasteiger partial charge is 0.328 e. The quantitative estimate of drug-likeness (QED) is 0.221. The van der Waals surface area contributed by atoms with E-state index in [9.17, 15) is 14.4 Å². The maximum atomic E-state index is 13.0. The monoisotopic (exact) mass is 557 g/mol. The van der Waals surface area contributed by atoms with Gasteiger partial charge in [0.2, 0.25) is 0 Å². The van der Waals surface area contributed by atoms with E-state index in [4.69, 9.17) is 9.47 Å². The zero-order valence-corrected chi connectivity index (χ0v) is 23.5. The van der Waals surface area contributed by atoms with Crippen molar-refractivity contribution in [1.29, 1.82) is 0 Å². The van der Waals surface area contributed by atoms with E-state index in [0.717, 1.165) is 33.4 Å². The highest BCUT2D eigenvalue weighted by molar-refractivity contribution is 5.97. The number of benzene rings is 4. The summed E-state index contributed by atoms with van der Waals surface area (Å²) in [5, 5.41) is 2.73. The van der Waals surface area contributed by atoms with Crippen LogP contribution in [0.3, 0.4) is 0 Å². The molecule has 0 bridgehead atoms. The predicted molar refractivity (Wildman–Crippen MR) is 161 cm³/mol. The van der Waals surface area contributed by atoms with Gasteiger partial charge in [0.25, 0.3) is 5.91 Å². The van der Waals surface area contributed by atoms with Crippen molar-refractivity contribution in [2.24, 2.45) is 5.92 Å². The van der Waals surface area contributed by atoms with E-state index in [-0.39, 0.29) is 18.9 Å². The molecule has 6 nitrogen and oxygen atoms in total. The van der Waals surface area contributed by atoms with Crippen LogP contribution in [0.5, 0.6) is 0 Å². The van der Waals surface area contributed by atoms with Crippen LogP contribution in [0, 0.1) is 17.8 Å². The van der Waals surface area contributed by atoms with Gasteiger partial charge in [0.15, 0.2) is 0 Å². The standard InChI is InChI=1S/C36H31NO5/c1-24(22-33(38)42-23-32-30-14-8-6-12-28(30)29-13-7-9-15-31(29)32)34(36(40)41-2)37-35(39)27-20-18-26(19-21-27)17-16-25-10-4-3-5-11-25/h3-15,18-21,24,32,34H,22-23H2,1-2H3,(H,37,39)/t24-,34+/m1/s1. The lowest BCUT2D eigenvalue weighted by molar-refractivity contribution is -0.147. The molecule has 0 fully saturated rings. The van der Waals surface area contributed by atoms with Crippen LogP contribution in [0.25, 0.3) is 11.1 Å². The third-order valence-corrected chi connectivity index (χ3v) is 7.45. The molecule has 0 unspecified atom stereocenters. The molecule has 4 aromatic carbocycles. The minimum absolute atomic E-state index is 0.0619. The van der Waals surface area contributed by atoms with E-state index < -0.39 is 29.8 Å². The van der Waals surface area contributed by atoms with Gasteiger partial charge < -0.3 is 14.8 Å². The molecule has 5 rings (SSSR count). The van der Waals surface area contributed by atoms with E-state index in [0.29, 0.717) is 5.56 Å². The predicted octanol–water partition coefficient (Wildman–Crippen LogP) is 5.74. The number of carbonyl (C=O) groups excluding carboxylic acids is 3. The first kappa shape index (κ1) is 28.4. The van der Waals surface area contributed by atoms with E-state index in [1.165, 1.54) is 7.11 Å². The van der Waals surface area contributed by atoms with Crippen molar-refractivity contribution in [3.8, 4) is 23.0 Å². The third kappa shape index (κ3) is 6.42. The number of fused-ring (bicyclic) bond motifs is 3. The topological polar surface area (TPSA) is 81.7 Å². The molecule has 1 aliphatic rings. The summed E-state index contributed by atoms with van der Waals surface area (Å²) in [5.74, 6) is 3.99. The highest BCUT2D eigenvalue weighted by Crippen LogP contribution is 2.44. The number of nitrogens with one attached hydrogen (secondary N) is 1. The van der Waals surface area contributed by atoms with Crippen LogP contribution in [0.1, 0.15) is 51.9 Å². The normalized spacial score (nSPS) is 13.0. The van der Waals surface area contributed by atoms with Crippen molar-refractivity contribution >= 4 is 17.8 Å². The van der Waals surface area contributed by atoms with Crippen LogP contribution in [0.15, 0.2) is 103 Å². The first-order valence-electron chi connectivity index (χ1n) is 13.8. The van der Waals surface area contributed by atoms with E-state index in [1.807, 2.05) is 54.6 Å². The molecule has 0 aliphatic heterocycles. The van der Waals surface area contributed by atoms with Gasteiger partial charge in [-0.2, -0.15) is 0 Å². The van der Waals surface area contributed by atoms with E-state index >= 15 is 0 Å². The number of amides is 1. The molecule has 210 valence electrons. The Balaban J connectivity index is 1.20. The average Bonchev–Trinajstić information content (AvgIpc) is 3.35. The number of methoxy groups -OCH3 is 1. The summed E-state index contributed by atoms with van der Waals surface area (Å²) < 4.78 is 10.7. The second-order valence-corrected chi connectivity index (χ2v) is 10.3. The first-order chi connectivity index (χ1) is 20.4. The summed E-state index contributed by atoms with van der Waals surface area (Å²) in [6.07, 6.45) is -0.0654. The number of esters is 2. The highest BCUT2D eigenvalue weighted by Gasteiger charge is 2.32. The summed E-state index contributed by atoms with van der Waals surface area (Å²) in [6.45, 7) is 1.90. The number of hydrogen-bond acceptors (Lipinski definition) is 5. The molecule has 42 heavy (non-hydrogen) atoms. The fraction of sp³-hybridized carbons (Fsp3) is 0.194. The number of carbonyl (C=O) groups is 3. The van der Waals surface area contributed by atoms with Crippen molar-refractivity contribution in [3.63, 3.8) is 0 Å². The third-order valence-electron chi connectivity index (χ3n) is 7.45. The number of rotatable bonds is 8. The zero-order chi connectivity index (χ0) is 29.5. The molecule has 0 heterocycles. The van der Waals surface area contributed by atoms with Gasteiger partial charge in [0.05, 0.1) is 13.5 Å². The molecule has 1 N–H and O–H groups in total. The summed E-state index contributed by atoms with van der Waals surface area (Å²) in [6, 6.07) is 31.6. The number of ether oxygens (including phenoxy) is 2. The Labute approximate surface area is 245 Å². The van der Waals surface area contributed by atoms with Crippen LogP contribution in [-0.4, -0.2) is 37.6 Å². The molecule has 2 atom stereocenters. The lowest BCUT2D eigenvalue weighted by Gasteiger charge is -2.23. The van der Waals surface area contributed by atoms with E-state index in [1.54, 1.807) is 31.2 Å². The molecule has 0 radical (unpaired) electrons. The van der Waals surface area contributed by atoms with Gasteiger partial charge in [-0.15, -0.1) is 0 Å². The van der Waals surface area contributed by atoms with Gasteiger partial charge in [0, 0.05) is 22.6 Å². The molecule has 1 amide bonds. The summed E-state index contributed by atoms with van der Waals surface area (Å²) in [5.41, 5.74) is 6.55. The first-order valence-corrected chi connectivity index (χ1v) is 13.8. The Morgan fingerprint density at radius 3 is 1.90 bits per heavy atom. The Morgan fingerprint density at radius 1 is 0.762 bits per heavy atom. The lowest BCUT2D eigenvalue weighted by atomic mass is 9.97.